The van der Waals surface area contributed by atoms with Gasteiger partial charge in [0, 0.05) is 35.0 Å². The highest BCUT2D eigenvalue weighted by Gasteiger charge is 2.34. The monoisotopic (exact) mass is 341 g/mol. The predicted octanol–water partition coefficient (Wildman–Crippen LogP) is 4.07. The van der Waals surface area contributed by atoms with E-state index in [1.54, 1.807) is 0 Å². The number of carbonyl (C=O) groups excluding carboxylic acids is 1. The summed E-state index contributed by atoms with van der Waals surface area (Å²) in [6.07, 6.45) is 1.89. The lowest BCUT2D eigenvalue weighted by atomic mass is 9.98. The highest BCUT2D eigenvalue weighted by atomic mass is 32.2. The summed E-state index contributed by atoms with van der Waals surface area (Å²) >= 11 is 1.86. The number of ether oxygens (including phenoxy) is 1. The molecule has 0 aliphatic carbocycles. The van der Waals surface area contributed by atoms with Gasteiger partial charge in [-0.1, -0.05) is 36.4 Å². The van der Waals surface area contributed by atoms with Crippen molar-refractivity contribution in [2.45, 2.75) is 29.4 Å². The molecule has 2 aromatic carbocycles. The van der Waals surface area contributed by atoms with Crippen molar-refractivity contribution in [3.8, 4) is 0 Å². The molecule has 3 rings (SSSR count). The third kappa shape index (κ3) is 4.19. The summed E-state index contributed by atoms with van der Waals surface area (Å²) in [5.41, 5.74) is 1.76. The minimum Gasteiger partial charge on any atom is -0.381 e. The standard InChI is InChI=1S/C20H23NO2S/c1-16-7-5-6-10-18(16)19(22)21-15-20(11-13-23-14-12-20)24-17-8-3-2-4-9-17/h2-10H,11-15H2,1H3,(H,21,22). The van der Waals surface area contributed by atoms with Gasteiger partial charge in [-0.25, -0.2) is 0 Å². The number of rotatable bonds is 5. The molecule has 1 fully saturated rings. The van der Waals surface area contributed by atoms with E-state index in [0.717, 1.165) is 37.2 Å². The van der Waals surface area contributed by atoms with Crippen LogP contribution in [-0.2, 0) is 4.74 Å². The van der Waals surface area contributed by atoms with E-state index in [2.05, 4.69) is 29.6 Å². The minimum absolute atomic E-state index is 0.00204. The van der Waals surface area contributed by atoms with Crippen LogP contribution in [0.5, 0.6) is 0 Å². The number of amides is 1. The molecule has 0 unspecified atom stereocenters. The van der Waals surface area contributed by atoms with Gasteiger partial charge in [0.25, 0.3) is 5.91 Å². The van der Waals surface area contributed by atoms with Crippen LogP contribution in [0.25, 0.3) is 0 Å². The van der Waals surface area contributed by atoms with Gasteiger partial charge in [0.15, 0.2) is 0 Å². The van der Waals surface area contributed by atoms with Crippen LogP contribution < -0.4 is 5.32 Å². The Morgan fingerprint density at radius 3 is 2.46 bits per heavy atom. The van der Waals surface area contributed by atoms with Crippen LogP contribution in [0.4, 0.5) is 0 Å². The molecule has 0 radical (unpaired) electrons. The Kier molecular flexibility index (Phi) is 5.59. The third-order valence-electron chi connectivity index (χ3n) is 4.44. The average molecular weight is 341 g/mol. The van der Waals surface area contributed by atoms with Gasteiger partial charge in [-0.15, -0.1) is 11.8 Å². The van der Waals surface area contributed by atoms with E-state index < -0.39 is 0 Å². The Morgan fingerprint density at radius 1 is 1.08 bits per heavy atom. The number of hydrogen-bond acceptors (Lipinski definition) is 3. The maximum Gasteiger partial charge on any atom is 0.251 e. The second-order valence-electron chi connectivity index (χ2n) is 6.21. The number of nitrogens with one attached hydrogen (secondary N) is 1. The van der Waals surface area contributed by atoms with Gasteiger partial charge in [0.1, 0.15) is 0 Å². The molecular formula is C20H23NO2S. The Balaban J connectivity index is 1.70. The van der Waals surface area contributed by atoms with Crippen molar-refractivity contribution in [1.82, 2.24) is 5.32 Å². The number of benzene rings is 2. The zero-order valence-electron chi connectivity index (χ0n) is 14.0. The van der Waals surface area contributed by atoms with E-state index >= 15 is 0 Å². The van der Waals surface area contributed by atoms with Crippen LogP contribution in [0.15, 0.2) is 59.5 Å². The van der Waals surface area contributed by atoms with Crippen LogP contribution in [0, 0.1) is 6.92 Å². The van der Waals surface area contributed by atoms with Crippen LogP contribution in [0.1, 0.15) is 28.8 Å². The van der Waals surface area contributed by atoms with Gasteiger partial charge in [-0.05, 0) is 43.5 Å². The van der Waals surface area contributed by atoms with E-state index in [1.807, 2.05) is 49.0 Å². The second-order valence-corrected chi connectivity index (χ2v) is 7.75. The fourth-order valence-corrected chi connectivity index (χ4v) is 4.27. The Hall–Kier alpha value is -1.78. The van der Waals surface area contributed by atoms with Crippen molar-refractivity contribution in [1.29, 1.82) is 0 Å². The topological polar surface area (TPSA) is 38.3 Å². The van der Waals surface area contributed by atoms with Gasteiger partial charge in [-0.3, -0.25) is 4.79 Å². The quantitative estimate of drug-likeness (QED) is 0.891. The summed E-state index contributed by atoms with van der Waals surface area (Å²) < 4.78 is 5.54. The van der Waals surface area contributed by atoms with E-state index in [1.165, 1.54) is 4.90 Å². The molecule has 126 valence electrons. The smallest absolute Gasteiger partial charge is 0.251 e. The molecule has 1 amide bonds. The van der Waals surface area contributed by atoms with Crippen molar-refractivity contribution in [3.63, 3.8) is 0 Å². The van der Waals surface area contributed by atoms with Crippen molar-refractivity contribution >= 4 is 17.7 Å². The molecule has 4 heteroatoms. The van der Waals surface area contributed by atoms with Crippen LogP contribution >= 0.6 is 11.8 Å². The molecule has 1 heterocycles. The number of thioether (sulfide) groups is 1. The molecule has 24 heavy (non-hydrogen) atoms. The van der Waals surface area contributed by atoms with Crippen molar-refractivity contribution < 1.29 is 9.53 Å². The van der Waals surface area contributed by atoms with Crippen LogP contribution in [-0.4, -0.2) is 30.4 Å². The lowest BCUT2D eigenvalue weighted by Gasteiger charge is -2.36. The SMILES string of the molecule is Cc1ccccc1C(=O)NCC1(Sc2ccccc2)CCOCC1. The Morgan fingerprint density at radius 2 is 1.75 bits per heavy atom. The average Bonchev–Trinajstić information content (AvgIpc) is 2.62. The summed E-state index contributed by atoms with van der Waals surface area (Å²) in [5.74, 6) is 0.00706. The summed E-state index contributed by atoms with van der Waals surface area (Å²) in [7, 11) is 0. The number of carbonyl (C=O) groups is 1. The van der Waals surface area contributed by atoms with Crippen molar-refractivity contribution in [2.24, 2.45) is 0 Å². The van der Waals surface area contributed by atoms with Gasteiger partial charge in [0.05, 0.1) is 0 Å². The molecule has 0 bridgehead atoms. The van der Waals surface area contributed by atoms with Crippen molar-refractivity contribution in [3.05, 3.63) is 65.7 Å². The lowest BCUT2D eigenvalue weighted by molar-refractivity contribution is 0.0741. The van der Waals surface area contributed by atoms with E-state index in [9.17, 15) is 4.79 Å². The summed E-state index contributed by atoms with van der Waals surface area (Å²) in [5, 5.41) is 3.16. The molecule has 1 saturated heterocycles. The van der Waals surface area contributed by atoms with E-state index in [4.69, 9.17) is 4.74 Å². The number of hydrogen-bond donors (Lipinski definition) is 1. The van der Waals surface area contributed by atoms with Crippen LogP contribution in [0.2, 0.25) is 0 Å². The molecule has 1 N–H and O–H groups in total. The van der Waals surface area contributed by atoms with E-state index in [0.29, 0.717) is 6.54 Å². The van der Waals surface area contributed by atoms with Gasteiger partial charge in [-0.2, -0.15) is 0 Å². The normalized spacial score (nSPS) is 16.5. The van der Waals surface area contributed by atoms with Crippen LogP contribution in [0.3, 0.4) is 0 Å². The zero-order valence-corrected chi connectivity index (χ0v) is 14.8. The predicted molar refractivity (Wildman–Crippen MR) is 98.6 cm³/mol. The Labute approximate surface area is 147 Å². The first-order chi connectivity index (χ1) is 11.7. The first-order valence-electron chi connectivity index (χ1n) is 8.34. The van der Waals surface area contributed by atoms with E-state index in [-0.39, 0.29) is 10.7 Å². The molecule has 3 nitrogen and oxygen atoms in total. The largest absolute Gasteiger partial charge is 0.381 e. The fourth-order valence-electron chi connectivity index (χ4n) is 2.96. The number of aryl methyl sites for hydroxylation is 1. The highest BCUT2D eigenvalue weighted by Crippen LogP contribution is 2.40. The first kappa shape index (κ1) is 17.1. The molecule has 1 aliphatic rings. The minimum atomic E-state index is -0.00204. The molecule has 0 spiro atoms. The maximum absolute atomic E-state index is 12.6. The maximum atomic E-state index is 12.6. The van der Waals surface area contributed by atoms with Gasteiger partial charge < -0.3 is 10.1 Å². The highest BCUT2D eigenvalue weighted by molar-refractivity contribution is 8.00. The summed E-state index contributed by atoms with van der Waals surface area (Å²) in [6, 6.07) is 18.1. The molecule has 2 aromatic rings. The molecule has 0 aromatic heterocycles. The second kappa shape index (κ2) is 7.86. The molecular weight excluding hydrogens is 318 g/mol. The molecule has 0 saturated carbocycles. The Bertz CT molecular complexity index is 681. The first-order valence-corrected chi connectivity index (χ1v) is 9.16. The molecule has 1 aliphatic heterocycles. The summed E-state index contributed by atoms with van der Waals surface area (Å²) in [6.45, 7) is 4.13. The van der Waals surface area contributed by atoms with Gasteiger partial charge in [0.2, 0.25) is 0 Å². The lowest BCUT2D eigenvalue weighted by Crippen LogP contribution is -2.44. The van der Waals surface area contributed by atoms with Gasteiger partial charge >= 0.3 is 0 Å². The zero-order chi connectivity index (χ0) is 16.8. The third-order valence-corrected chi connectivity index (χ3v) is 5.94. The summed E-state index contributed by atoms with van der Waals surface area (Å²) in [4.78, 5) is 13.8. The molecule has 0 atom stereocenters. The van der Waals surface area contributed by atoms with Crippen molar-refractivity contribution in [2.75, 3.05) is 19.8 Å². The fraction of sp³-hybridized carbons (Fsp3) is 0.350.